The number of hydrogen-bond acceptors (Lipinski definition) is 4. The van der Waals surface area contributed by atoms with Gasteiger partial charge in [0.25, 0.3) is 0 Å². The maximum absolute atomic E-state index is 13.6. The Morgan fingerprint density at radius 3 is 2.23 bits per heavy atom. The summed E-state index contributed by atoms with van der Waals surface area (Å²) in [5, 5.41) is 3.53. The molecule has 7 nitrogen and oxygen atoms in total. The molecule has 2 amide bonds. The van der Waals surface area contributed by atoms with E-state index >= 15 is 0 Å². The lowest BCUT2D eigenvalue weighted by Crippen LogP contribution is -2.51. The fourth-order valence-electron chi connectivity index (χ4n) is 3.47. The number of benzene rings is 2. The minimum atomic E-state index is -3.80. The maximum Gasteiger partial charge on any atom is 0.244 e. The first-order valence-corrected chi connectivity index (χ1v) is 14.0. The van der Waals surface area contributed by atoms with Gasteiger partial charge in [-0.3, -0.25) is 13.9 Å². The van der Waals surface area contributed by atoms with Crippen LogP contribution in [0, 0.1) is 13.8 Å². The van der Waals surface area contributed by atoms with Gasteiger partial charge in [-0.2, -0.15) is 0 Å². The summed E-state index contributed by atoms with van der Waals surface area (Å²) in [7, 11) is -3.80. The van der Waals surface area contributed by atoms with Crippen LogP contribution in [-0.4, -0.2) is 50.5 Å². The monoisotopic (exact) mass is 541 g/mol. The Morgan fingerprint density at radius 1 is 1.06 bits per heavy atom. The molecule has 0 saturated heterocycles. The number of anilines is 1. The average Bonchev–Trinajstić information content (AvgIpc) is 2.78. The van der Waals surface area contributed by atoms with Crippen molar-refractivity contribution in [3.8, 4) is 0 Å². The van der Waals surface area contributed by atoms with Crippen LogP contribution in [0.1, 0.15) is 43.4 Å². The lowest BCUT2D eigenvalue weighted by atomic mass is 10.1. The fourth-order valence-corrected chi connectivity index (χ4v) is 4.83. The summed E-state index contributed by atoms with van der Waals surface area (Å²) in [5.74, 6) is -0.894. The van der Waals surface area contributed by atoms with Gasteiger partial charge < -0.3 is 10.2 Å². The van der Waals surface area contributed by atoms with E-state index in [2.05, 4.69) is 5.32 Å². The maximum atomic E-state index is 13.6. The van der Waals surface area contributed by atoms with Crippen molar-refractivity contribution in [2.24, 2.45) is 0 Å². The van der Waals surface area contributed by atoms with Crippen LogP contribution < -0.4 is 9.62 Å². The molecule has 2 rings (SSSR count). The molecule has 0 aliphatic heterocycles. The van der Waals surface area contributed by atoms with Gasteiger partial charge in [-0.25, -0.2) is 8.42 Å². The molecule has 1 atom stereocenters. The largest absolute Gasteiger partial charge is 0.354 e. The molecular weight excluding hydrogens is 509 g/mol. The molecule has 35 heavy (non-hydrogen) atoms. The molecule has 0 bridgehead atoms. The van der Waals surface area contributed by atoms with Crippen LogP contribution in [0.15, 0.2) is 36.4 Å². The third kappa shape index (κ3) is 7.85. The standard InChI is InChI=1S/C25H33Cl2N3O4S/c1-6-7-13-28-25(32)19(4)29(15-21-22(26)9-8-10-23(21)27)24(31)16-30(35(5,33)34)20-12-11-17(2)18(3)14-20/h8-12,14,19H,6-7,13,15-16H2,1-5H3,(H,28,32)/t19-/m0/s1. The van der Waals surface area contributed by atoms with Gasteiger partial charge in [0.2, 0.25) is 21.8 Å². The zero-order valence-electron chi connectivity index (χ0n) is 20.8. The number of nitrogens with zero attached hydrogens (tertiary/aromatic N) is 2. The average molecular weight is 543 g/mol. The number of nitrogens with one attached hydrogen (secondary N) is 1. The molecule has 0 unspecified atom stereocenters. The summed E-state index contributed by atoms with van der Waals surface area (Å²) in [6.07, 6.45) is 2.76. The highest BCUT2D eigenvalue weighted by Crippen LogP contribution is 2.27. The molecule has 0 fully saturated rings. The molecule has 0 aliphatic carbocycles. The van der Waals surface area contributed by atoms with Gasteiger partial charge >= 0.3 is 0 Å². The molecule has 10 heteroatoms. The molecule has 0 radical (unpaired) electrons. The Kier molecular flexibility index (Phi) is 10.4. The Balaban J connectivity index is 2.43. The molecule has 2 aromatic rings. The first-order valence-electron chi connectivity index (χ1n) is 11.4. The van der Waals surface area contributed by atoms with Crippen molar-refractivity contribution in [3.63, 3.8) is 0 Å². The highest BCUT2D eigenvalue weighted by atomic mass is 35.5. The number of carbonyl (C=O) groups excluding carboxylic acids is 2. The summed E-state index contributed by atoms with van der Waals surface area (Å²) in [6.45, 7) is 7.35. The number of hydrogen-bond donors (Lipinski definition) is 1. The van der Waals surface area contributed by atoms with E-state index in [9.17, 15) is 18.0 Å². The number of unbranched alkanes of at least 4 members (excludes halogenated alkanes) is 1. The van der Waals surface area contributed by atoms with Crippen LogP contribution in [0.2, 0.25) is 10.0 Å². The van der Waals surface area contributed by atoms with E-state index < -0.39 is 28.5 Å². The molecule has 2 aromatic carbocycles. The fraction of sp³-hybridized carbons (Fsp3) is 0.440. The van der Waals surface area contributed by atoms with Crippen LogP contribution in [0.5, 0.6) is 0 Å². The first-order chi connectivity index (χ1) is 16.4. The SMILES string of the molecule is CCCCNC(=O)[C@H](C)N(Cc1c(Cl)cccc1Cl)C(=O)CN(c1ccc(C)c(C)c1)S(C)(=O)=O. The molecular formula is C25H33Cl2N3O4S. The highest BCUT2D eigenvalue weighted by Gasteiger charge is 2.31. The van der Waals surface area contributed by atoms with Crippen LogP contribution in [0.3, 0.4) is 0 Å². The number of halogens is 2. The van der Waals surface area contributed by atoms with Gasteiger partial charge in [-0.1, -0.05) is 48.7 Å². The number of sulfonamides is 1. The summed E-state index contributed by atoms with van der Waals surface area (Å²) in [6, 6.07) is 9.29. The molecule has 0 heterocycles. The van der Waals surface area contributed by atoms with Gasteiger partial charge in [0, 0.05) is 28.7 Å². The van der Waals surface area contributed by atoms with E-state index in [4.69, 9.17) is 23.2 Å². The highest BCUT2D eigenvalue weighted by molar-refractivity contribution is 7.92. The zero-order valence-corrected chi connectivity index (χ0v) is 23.1. The number of carbonyl (C=O) groups is 2. The zero-order chi connectivity index (χ0) is 26.3. The Hall–Kier alpha value is -2.29. The Morgan fingerprint density at radius 2 is 1.69 bits per heavy atom. The molecule has 192 valence electrons. The van der Waals surface area contributed by atoms with Crippen molar-refractivity contribution in [1.29, 1.82) is 0 Å². The molecule has 0 aliphatic rings. The molecule has 0 aromatic heterocycles. The lowest BCUT2D eigenvalue weighted by Gasteiger charge is -2.32. The number of rotatable bonds is 11. The second-order valence-electron chi connectivity index (χ2n) is 8.58. The third-order valence-electron chi connectivity index (χ3n) is 5.84. The lowest BCUT2D eigenvalue weighted by molar-refractivity contribution is -0.139. The van der Waals surface area contributed by atoms with Gasteiger partial charge in [0.1, 0.15) is 12.6 Å². The molecule has 1 N–H and O–H groups in total. The summed E-state index contributed by atoms with van der Waals surface area (Å²) in [4.78, 5) is 27.8. The van der Waals surface area contributed by atoms with Crippen LogP contribution in [-0.2, 0) is 26.2 Å². The Labute approximate surface area is 218 Å². The van der Waals surface area contributed by atoms with E-state index in [1.165, 1.54) is 4.90 Å². The van der Waals surface area contributed by atoms with E-state index in [1.54, 1.807) is 43.3 Å². The summed E-state index contributed by atoms with van der Waals surface area (Å²) >= 11 is 12.7. The minimum Gasteiger partial charge on any atom is -0.354 e. The smallest absolute Gasteiger partial charge is 0.244 e. The third-order valence-corrected chi connectivity index (χ3v) is 7.69. The Bertz CT molecular complexity index is 1150. The van der Waals surface area contributed by atoms with Gasteiger partial charge in [-0.05, 0) is 62.6 Å². The summed E-state index contributed by atoms with van der Waals surface area (Å²) < 4.78 is 26.4. The van der Waals surface area contributed by atoms with Crippen LogP contribution >= 0.6 is 23.2 Å². The van der Waals surface area contributed by atoms with Crippen molar-refractivity contribution < 1.29 is 18.0 Å². The van der Waals surface area contributed by atoms with Crippen LogP contribution in [0.25, 0.3) is 0 Å². The van der Waals surface area contributed by atoms with Gasteiger partial charge in [0.05, 0.1) is 11.9 Å². The predicted molar refractivity (Wildman–Crippen MR) is 142 cm³/mol. The number of amides is 2. The van der Waals surface area contributed by atoms with E-state index in [0.29, 0.717) is 27.8 Å². The van der Waals surface area contributed by atoms with E-state index in [0.717, 1.165) is 34.5 Å². The van der Waals surface area contributed by atoms with E-state index in [1.807, 2.05) is 20.8 Å². The number of aryl methyl sites for hydroxylation is 2. The molecule has 0 saturated carbocycles. The quantitative estimate of drug-likeness (QED) is 0.417. The molecule has 0 spiro atoms. The van der Waals surface area contributed by atoms with Crippen LogP contribution in [0.4, 0.5) is 5.69 Å². The van der Waals surface area contributed by atoms with Crippen molar-refractivity contribution in [1.82, 2.24) is 10.2 Å². The second kappa shape index (κ2) is 12.6. The summed E-state index contributed by atoms with van der Waals surface area (Å²) in [5.41, 5.74) is 2.75. The predicted octanol–water partition coefficient (Wildman–Crippen LogP) is 4.71. The minimum absolute atomic E-state index is 0.0514. The van der Waals surface area contributed by atoms with Crippen molar-refractivity contribution >= 4 is 50.7 Å². The van der Waals surface area contributed by atoms with Crippen molar-refractivity contribution in [2.45, 2.75) is 53.1 Å². The second-order valence-corrected chi connectivity index (χ2v) is 11.3. The van der Waals surface area contributed by atoms with Gasteiger partial charge in [0.15, 0.2) is 0 Å². The van der Waals surface area contributed by atoms with Crippen molar-refractivity contribution in [2.75, 3.05) is 23.7 Å². The van der Waals surface area contributed by atoms with Crippen molar-refractivity contribution in [3.05, 3.63) is 63.1 Å². The van der Waals surface area contributed by atoms with E-state index in [-0.39, 0.29) is 12.5 Å². The topological polar surface area (TPSA) is 86.8 Å². The first kappa shape index (κ1) is 28.9. The normalized spacial score (nSPS) is 12.2. The van der Waals surface area contributed by atoms with Gasteiger partial charge in [-0.15, -0.1) is 0 Å².